The van der Waals surface area contributed by atoms with Gasteiger partial charge in [0.2, 0.25) is 0 Å². The molecule has 0 heterocycles. The Bertz CT molecular complexity index is 262. The van der Waals surface area contributed by atoms with E-state index in [1.165, 1.54) is 6.42 Å². The molecule has 0 spiro atoms. The van der Waals surface area contributed by atoms with Gasteiger partial charge >= 0.3 is 0 Å². The molecular formula is C14H27NS. The Balaban J connectivity index is 4.60. The molecule has 0 aliphatic heterocycles. The maximum atomic E-state index is 4.18. The third-order valence-corrected chi connectivity index (χ3v) is 3.37. The van der Waals surface area contributed by atoms with Crippen LogP contribution >= 0.6 is 12.8 Å². The molecule has 2 heteroatoms. The second-order valence-corrected chi connectivity index (χ2v) is 6.62. The van der Waals surface area contributed by atoms with Gasteiger partial charge in [0, 0.05) is 13.2 Å². The average molecular weight is 241 g/mol. The zero-order valence-corrected chi connectivity index (χ0v) is 12.6. The number of hydrogen-bond donors (Lipinski definition) is 1. The van der Waals surface area contributed by atoms with Crippen LogP contribution in [0.25, 0.3) is 0 Å². The predicted octanol–water partition coefficient (Wildman–Crippen LogP) is 4.69. The van der Waals surface area contributed by atoms with Gasteiger partial charge in [0.1, 0.15) is 0 Å². The fourth-order valence-corrected chi connectivity index (χ4v) is 1.93. The molecule has 0 aliphatic rings. The van der Waals surface area contributed by atoms with Crippen LogP contribution in [0.4, 0.5) is 0 Å². The van der Waals surface area contributed by atoms with Gasteiger partial charge < -0.3 is 4.31 Å². The second-order valence-electron chi connectivity index (χ2n) is 5.99. The van der Waals surface area contributed by atoms with Crippen molar-refractivity contribution < 1.29 is 0 Å². The van der Waals surface area contributed by atoms with Crippen LogP contribution in [0, 0.1) is 10.8 Å². The SMILES string of the molecule is C=C(/C=C\N(C)S)C(C)(C)CC(C)(C)CC. The quantitative estimate of drug-likeness (QED) is 0.522. The molecular weight excluding hydrogens is 214 g/mol. The van der Waals surface area contributed by atoms with Crippen molar-refractivity contribution >= 4 is 12.8 Å². The van der Waals surface area contributed by atoms with Crippen molar-refractivity contribution in [1.29, 1.82) is 0 Å². The van der Waals surface area contributed by atoms with Crippen LogP contribution < -0.4 is 0 Å². The second kappa shape index (κ2) is 5.81. The number of hydrogen-bond acceptors (Lipinski definition) is 2. The number of nitrogens with zero attached hydrogens (tertiary/aromatic N) is 1. The molecule has 94 valence electrons. The highest BCUT2D eigenvalue weighted by molar-refractivity contribution is 7.77. The summed E-state index contributed by atoms with van der Waals surface area (Å²) in [6.07, 6.45) is 6.33. The van der Waals surface area contributed by atoms with Gasteiger partial charge in [0.25, 0.3) is 0 Å². The van der Waals surface area contributed by atoms with E-state index in [-0.39, 0.29) is 5.41 Å². The Morgan fingerprint density at radius 3 is 2.19 bits per heavy atom. The molecule has 0 fully saturated rings. The molecule has 1 nitrogen and oxygen atoms in total. The third-order valence-electron chi connectivity index (χ3n) is 3.24. The highest BCUT2D eigenvalue weighted by Crippen LogP contribution is 2.40. The van der Waals surface area contributed by atoms with E-state index < -0.39 is 0 Å². The molecule has 0 aromatic carbocycles. The summed E-state index contributed by atoms with van der Waals surface area (Å²) in [6, 6.07) is 0. The number of rotatable bonds is 6. The Labute approximate surface area is 107 Å². The highest BCUT2D eigenvalue weighted by Gasteiger charge is 2.28. The van der Waals surface area contributed by atoms with Gasteiger partial charge in [-0.3, -0.25) is 0 Å². The molecule has 0 radical (unpaired) electrons. The Kier molecular flexibility index (Phi) is 5.67. The zero-order valence-electron chi connectivity index (χ0n) is 11.7. The number of thiol groups is 1. The molecule has 0 unspecified atom stereocenters. The molecule has 0 N–H and O–H groups in total. The molecule has 0 bridgehead atoms. The summed E-state index contributed by atoms with van der Waals surface area (Å²) in [6.45, 7) is 15.6. The Hall–Kier alpha value is -0.370. The van der Waals surface area contributed by atoms with Crippen molar-refractivity contribution in [3.63, 3.8) is 0 Å². The first kappa shape index (κ1) is 15.6. The topological polar surface area (TPSA) is 3.24 Å². The molecule has 0 rings (SSSR count). The van der Waals surface area contributed by atoms with Crippen LogP contribution in [0.3, 0.4) is 0 Å². The fourth-order valence-electron chi connectivity index (χ4n) is 1.86. The lowest BCUT2D eigenvalue weighted by Crippen LogP contribution is -2.23. The van der Waals surface area contributed by atoms with Crippen molar-refractivity contribution in [2.45, 2.75) is 47.5 Å². The molecule has 0 saturated carbocycles. The number of allylic oxidation sites excluding steroid dienone is 2. The van der Waals surface area contributed by atoms with Crippen LogP contribution in [-0.4, -0.2) is 11.4 Å². The van der Waals surface area contributed by atoms with Crippen molar-refractivity contribution in [3.8, 4) is 0 Å². The van der Waals surface area contributed by atoms with Crippen molar-refractivity contribution in [2.24, 2.45) is 10.8 Å². The van der Waals surface area contributed by atoms with Gasteiger partial charge in [0.15, 0.2) is 0 Å². The van der Waals surface area contributed by atoms with Crippen LogP contribution in [0.2, 0.25) is 0 Å². The molecule has 16 heavy (non-hydrogen) atoms. The first-order valence-corrected chi connectivity index (χ1v) is 6.30. The van der Waals surface area contributed by atoms with Gasteiger partial charge in [0.05, 0.1) is 0 Å². The van der Waals surface area contributed by atoms with E-state index >= 15 is 0 Å². The summed E-state index contributed by atoms with van der Waals surface area (Å²) in [5.41, 5.74) is 1.67. The van der Waals surface area contributed by atoms with Crippen molar-refractivity contribution in [2.75, 3.05) is 7.05 Å². The molecule has 0 aromatic heterocycles. The van der Waals surface area contributed by atoms with E-state index in [9.17, 15) is 0 Å². The van der Waals surface area contributed by atoms with Crippen LogP contribution in [0.1, 0.15) is 47.5 Å². The van der Waals surface area contributed by atoms with E-state index in [1.54, 1.807) is 4.31 Å². The standard InChI is InChI=1S/C14H27NS/c1-8-13(3,4)11-14(5,6)12(2)9-10-15(7)16/h9-10,16H,2,8,11H2,1,3-7H3/b10-9-. The minimum Gasteiger partial charge on any atom is -0.329 e. The van der Waals surface area contributed by atoms with Gasteiger partial charge in [-0.1, -0.05) is 60.4 Å². The van der Waals surface area contributed by atoms with Gasteiger partial charge in [-0.25, -0.2) is 0 Å². The van der Waals surface area contributed by atoms with Crippen LogP contribution in [0.5, 0.6) is 0 Å². The van der Waals surface area contributed by atoms with E-state index in [0.717, 1.165) is 12.0 Å². The summed E-state index contributed by atoms with van der Waals surface area (Å²) in [5.74, 6) is 0. The summed E-state index contributed by atoms with van der Waals surface area (Å²) >= 11 is 4.18. The predicted molar refractivity (Wildman–Crippen MR) is 77.5 cm³/mol. The first-order chi connectivity index (χ1) is 7.10. The average Bonchev–Trinajstić information content (AvgIpc) is 2.12. The minimum absolute atomic E-state index is 0.139. The van der Waals surface area contributed by atoms with Gasteiger partial charge in [-0.15, -0.1) is 0 Å². The maximum absolute atomic E-state index is 4.18. The van der Waals surface area contributed by atoms with Crippen molar-refractivity contribution in [1.82, 2.24) is 4.31 Å². The van der Waals surface area contributed by atoms with E-state index in [4.69, 9.17) is 0 Å². The lowest BCUT2D eigenvalue weighted by Gasteiger charge is -2.35. The lowest BCUT2D eigenvalue weighted by molar-refractivity contribution is 0.223. The molecule has 0 aromatic rings. The highest BCUT2D eigenvalue weighted by atomic mass is 32.1. The van der Waals surface area contributed by atoms with Gasteiger partial charge in [-0.05, 0) is 28.9 Å². The van der Waals surface area contributed by atoms with Crippen molar-refractivity contribution in [3.05, 3.63) is 24.4 Å². The van der Waals surface area contributed by atoms with E-state index in [2.05, 4.69) is 60.1 Å². The fraction of sp³-hybridized carbons (Fsp3) is 0.714. The van der Waals surface area contributed by atoms with E-state index in [0.29, 0.717) is 5.41 Å². The molecule has 0 aliphatic carbocycles. The zero-order chi connectivity index (χ0) is 13.0. The summed E-state index contributed by atoms with van der Waals surface area (Å²) in [4.78, 5) is 0. The van der Waals surface area contributed by atoms with Gasteiger partial charge in [-0.2, -0.15) is 0 Å². The smallest absolute Gasteiger partial charge is 0.0174 e. The Morgan fingerprint density at radius 2 is 1.81 bits per heavy atom. The summed E-state index contributed by atoms with van der Waals surface area (Å²) in [5, 5.41) is 0. The molecule has 0 saturated heterocycles. The normalized spacial score (nSPS) is 13.2. The largest absolute Gasteiger partial charge is 0.329 e. The van der Waals surface area contributed by atoms with E-state index in [1.807, 2.05) is 13.2 Å². The van der Waals surface area contributed by atoms with Crippen LogP contribution in [-0.2, 0) is 0 Å². The Morgan fingerprint density at radius 1 is 1.31 bits per heavy atom. The monoisotopic (exact) mass is 241 g/mol. The molecule has 0 atom stereocenters. The van der Waals surface area contributed by atoms with Crippen LogP contribution in [0.15, 0.2) is 24.4 Å². The molecule has 0 amide bonds. The lowest BCUT2D eigenvalue weighted by atomic mass is 9.70. The third kappa shape index (κ3) is 5.64. The summed E-state index contributed by atoms with van der Waals surface area (Å²) < 4.78 is 1.74. The maximum Gasteiger partial charge on any atom is 0.0174 e. The summed E-state index contributed by atoms with van der Waals surface area (Å²) in [7, 11) is 1.90. The first-order valence-electron chi connectivity index (χ1n) is 5.90. The minimum atomic E-state index is 0.139.